The van der Waals surface area contributed by atoms with E-state index in [1.165, 1.54) is 0 Å². The molecule has 37 heavy (non-hydrogen) atoms. The van der Waals surface area contributed by atoms with Gasteiger partial charge in [-0.1, -0.05) is 35.9 Å². The molecule has 6 nitrogen and oxygen atoms in total. The first-order chi connectivity index (χ1) is 18.0. The van der Waals surface area contributed by atoms with Crippen LogP contribution in [0.15, 0.2) is 23.1 Å². The van der Waals surface area contributed by atoms with Gasteiger partial charge in [0.25, 0.3) is 11.7 Å². The largest absolute Gasteiger partial charge is 0.423 e. The summed E-state index contributed by atoms with van der Waals surface area (Å²) in [5, 5.41) is 0. The molecule has 7 heteroatoms. The highest BCUT2D eigenvalue weighted by molar-refractivity contribution is 9.11. The van der Waals surface area contributed by atoms with E-state index in [1.54, 1.807) is 0 Å². The fourth-order valence-electron chi connectivity index (χ4n) is 6.78. The van der Waals surface area contributed by atoms with Gasteiger partial charge in [-0.15, -0.1) is 11.8 Å². The fraction of sp³-hybridized carbons (Fsp3) is 0.800. The van der Waals surface area contributed by atoms with E-state index in [-0.39, 0.29) is 36.6 Å². The number of hydrogen-bond acceptors (Lipinski definition) is 6. The van der Waals surface area contributed by atoms with Crippen molar-refractivity contribution in [1.82, 2.24) is 0 Å². The highest BCUT2D eigenvalue weighted by Crippen LogP contribution is 2.58. The van der Waals surface area contributed by atoms with Crippen LogP contribution in [0.5, 0.6) is 0 Å². The van der Waals surface area contributed by atoms with Crippen molar-refractivity contribution < 1.29 is 28.4 Å². The molecule has 8 atom stereocenters. The SMILES string of the molecule is C=C1OC2(C[C@H]3C[C@@H](OC4CCCCO4)[C@H](/C=C(\Br)[C@@H](O[C@H]4CCCCO4)[C@@H](C)CC#CCC)[C@H]3C2)O1. The summed E-state index contributed by atoms with van der Waals surface area (Å²) in [6.07, 6.45) is 12.9. The van der Waals surface area contributed by atoms with Crippen molar-refractivity contribution in [2.45, 2.75) is 115 Å². The monoisotopic (exact) mass is 578 g/mol. The van der Waals surface area contributed by atoms with E-state index in [0.717, 1.165) is 88.3 Å². The van der Waals surface area contributed by atoms with E-state index in [9.17, 15) is 0 Å². The van der Waals surface area contributed by atoms with Gasteiger partial charge in [-0.05, 0) is 69.3 Å². The zero-order valence-corrected chi connectivity index (χ0v) is 24.0. The van der Waals surface area contributed by atoms with Gasteiger partial charge in [0.1, 0.15) is 0 Å². The van der Waals surface area contributed by atoms with E-state index in [2.05, 4.69) is 54.3 Å². The first-order valence-electron chi connectivity index (χ1n) is 14.4. The first-order valence-corrected chi connectivity index (χ1v) is 15.2. The Hall–Kier alpha value is -1.04. The van der Waals surface area contributed by atoms with Gasteiger partial charge in [0.05, 0.1) is 12.2 Å². The maximum Gasteiger partial charge on any atom is 0.278 e. The van der Waals surface area contributed by atoms with Crippen molar-refractivity contribution in [3.63, 3.8) is 0 Å². The number of halogens is 1. The van der Waals surface area contributed by atoms with Crippen LogP contribution in [0.1, 0.15) is 84.5 Å². The molecule has 3 saturated heterocycles. The predicted molar refractivity (Wildman–Crippen MR) is 144 cm³/mol. The minimum Gasteiger partial charge on any atom is -0.423 e. The van der Waals surface area contributed by atoms with Crippen LogP contribution in [0.4, 0.5) is 0 Å². The highest BCUT2D eigenvalue weighted by Gasteiger charge is 2.60. The molecule has 5 fully saturated rings. The van der Waals surface area contributed by atoms with Crippen LogP contribution < -0.4 is 0 Å². The maximum absolute atomic E-state index is 6.64. The van der Waals surface area contributed by atoms with Crippen LogP contribution in [-0.2, 0) is 28.4 Å². The molecule has 0 amide bonds. The predicted octanol–water partition coefficient (Wildman–Crippen LogP) is 6.79. The second-order valence-electron chi connectivity index (χ2n) is 11.4. The minimum absolute atomic E-state index is 0.105. The third-order valence-corrected chi connectivity index (χ3v) is 9.27. The van der Waals surface area contributed by atoms with Crippen LogP contribution in [0.25, 0.3) is 0 Å². The summed E-state index contributed by atoms with van der Waals surface area (Å²) >= 11 is 3.98. The average molecular weight is 580 g/mol. The van der Waals surface area contributed by atoms with Crippen LogP contribution >= 0.6 is 15.9 Å². The van der Waals surface area contributed by atoms with Crippen molar-refractivity contribution in [1.29, 1.82) is 0 Å². The molecule has 0 aromatic heterocycles. The van der Waals surface area contributed by atoms with E-state index >= 15 is 0 Å². The first kappa shape index (κ1) is 27.5. The van der Waals surface area contributed by atoms with Crippen LogP contribution in [0.2, 0.25) is 0 Å². The molecule has 0 N–H and O–H groups in total. The summed E-state index contributed by atoms with van der Waals surface area (Å²) in [7, 11) is 0. The molecule has 1 spiro atoms. The second-order valence-corrected chi connectivity index (χ2v) is 12.3. The van der Waals surface area contributed by atoms with Crippen LogP contribution in [-0.4, -0.2) is 43.8 Å². The Morgan fingerprint density at radius 2 is 1.84 bits per heavy atom. The van der Waals surface area contributed by atoms with E-state index in [4.69, 9.17) is 28.4 Å². The Labute approximate surface area is 230 Å². The standard InChI is InChI=1S/C30H43BrO6/c1-4-5-6-11-20(2)29(35-28-13-8-10-15-33-28)25(31)17-23-24-19-30(36-21(3)37-30)18-22(24)16-26(23)34-27-12-7-9-14-32-27/h17,20,22-24,26-29H,3-4,7-16,18-19H2,1-2H3/b25-17-/t20-,22+,23+,24-,26+,27?,28-,29-/m0/s1. The van der Waals surface area contributed by atoms with Gasteiger partial charge in [-0.2, -0.15) is 0 Å². The summed E-state index contributed by atoms with van der Waals surface area (Å²) in [4.78, 5) is 0. The zero-order chi connectivity index (χ0) is 25.8. The van der Waals surface area contributed by atoms with Crippen LogP contribution in [0, 0.1) is 35.5 Å². The summed E-state index contributed by atoms with van der Waals surface area (Å²) in [5.41, 5.74) is 0. The maximum atomic E-state index is 6.64. The summed E-state index contributed by atoms with van der Waals surface area (Å²) in [6.45, 7) is 9.68. The van der Waals surface area contributed by atoms with Gasteiger partial charge in [0, 0.05) is 49.3 Å². The Morgan fingerprint density at radius 3 is 2.49 bits per heavy atom. The third kappa shape index (κ3) is 6.58. The third-order valence-electron chi connectivity index (χ3n) is 8.55. The molecule has 5 aliphatic rings. The van der Waals surface area contributed by atoms with Crippen LogP contribution in [0.3, 0.4) is 0 Å². The fourth-order valence-corrected chi connectivity index (χ4v) is 7.64. The number of rotatable bonds is 8. The summed E-state index contributed by atoms with van der Waals surface area (Å²) < 4.78 is 38.1. The Morgan fingerprint density at radius 1 is 1.11 bits per heavy atom. The van der Waals surface area contributed by atoms with E-state index in [1.807, 2.05) is 0 Å². The lowest BCUT2D eigenvalue weighted by Gasteiger charge is -2.42. The quantitative estimate of drug-likeness (QED) is 0.295. The molecule has 3 aliphatic heterocycles. The molecule has 0 radical (unpaired) electrons. The van der Waals surface area contributed by atoms with E-state index < -0.39 is 5.79 Å². The number of fused-ring (bicyclic) bond motifs is 1. The van der Waals surface area contributed by atoms with Gasteiger partial charge in [0.2, 0.25) is 0 Å². The van der Waals surface area contributed by atoms with E-state index in [0.29, 0.717) is 17.8 Å². The van der Waals surface area contributed by atoms with Crippen molar-refractivity contribution in [2.24, 2.45) is 23.7 Å². The minimum atomic E-state index is -0.494. The lowest BCUT2D eigenvalue weighted by atomic mass is 9.89. The van der Waals surface area contributed by atoms with Crippen molar-refractivity contribution in [2.75, 3.05) is 13.2 Å². The topological polar surface area (TPSA) is 55.4 Å². The van der Waals surface area contributed by atoms with Crippen molar-refractivity contribution in [3.05, 3.63) is 23.1 Å². The smallest absolute Gasteiger partial charge is 0.278 e. The van der Waals surface area contributed by atoms with Gasteiger partial charge < -0.3 is 28.4 Å². The van der Waals surface area contributed by atoms with Gasteiger partial charge >= 0.3 is 0 Å². The second kappa shape index (κ2) is 12.4. The molecule has 0 bridgehead atoms. The van der Waals surface area contributed by atoms with Crippen molar-refractivity contribution in [3.8, 4) is 11.8 Å². The molecular weight excluding hydrogens is 536 g/mol. The number of ether oxygens (including phenoxy) is 6. The molecule has 2 aliphatic carbocycles. The average Bonchev–Trinajstić information content (AvgIpc) is 3.39. The molecule has 0 aromatic carbocycles. The Balaban J connectivity index is 1.36. The molecule has 206 valence electrons. The molecular formula is C30H43BrO6. The lowest BCUT2D eigenvalue weighted by Crippen LogP contribution is -2.43. The Kier molecular flexibility index (Phi) is 9.24. The molecule has 0 aromatic rings. The van der Waals surface area contributed by atoms with Crippen molar-refractivity contribution >= 4 is 15.9 Å². The Bertz CT molecular complexity index is 872. The van der Waals surface area contributed by atoms with Gasteiger partial charge in [0.15, 0.2) is 12.6 Å². The number of hydrogen-bond donors (Lipinski definition) is 0. The highest BCUT2D eigenvalue weighted by atomic mass is 79.9. The zero-order valence-electron chi connectivity index (χ0n) is 22.4. The molecule has 5 rings (SSSR count). The van der Waals surface area contributed by atoms with Gasteiger partial charge in [-0.3, -0.25) is 0 Å². The lowest BCUT2D eigenvalue weighted by molar-refractivity contribution is -0.332. The normalized spacial score (nSPS) is 36.5. The summed E-state index contributed by atoms with van der Waals surface area (Å²) in [6, 6.07) is 0. The molecule has 1 unspecified atom stereocenters. The van der Waals surface area contributed by atoms with Gasteiger partial charge in [-0.25, -0.2) is 0 Å². The molecule has 2 saturated carbocycles. The molecule has 3 heterocycles. The summed E-state index contributed by atoms with van der Waals surface area (Å²) in [5.74, 6) is 7.84.